The highest BCUT2D eigenvalue weighted by Gasteiger charge is 2.36. The van der Waals surface area contributed by atoms with E-state index < -0.39 is 17.8 Å². The summed E-state index contributed by atoms with van der Waals surface area (Å²) in [5.41, 5.74) is 1.74. The number of fused-ring (bicyclic) bond motifs is 2. The van der Waals surface area contributed by atoms with Crippen molar-refractivity contribution in [3.05, 3.63) is 107 Å². The lowest BCUT2D eigenvalue weighted by Crippen LogP contribution is -2.40. The molecule has 0 bridgehead atoms. The van der Waals surface area contributed by atoms with E-state index in [0.29, 0.717) is 41.2 Å². The minimum Gasteiger partial charge on any atom is -0.493 e. The summed E-state index contributed by atoms with van der Waals surface area (Å²) in [6.45, 7) is 0.339. The Balaban J connectivity index is 1.69. The van der Waals surface area contributed by atoms with Crippen molar-refractivity contribution in [3.63, 3.8) is 0 Å². The first-order valence-electron chi connectivity index (χ1n) is 11.5. The van der Waals surface area contributed by atoms with Crippen molar-refractivity contribution < 1.29 is 27.4 Å². The predicted molar refractivity (Wildman–Crippen MR) is 132 cm³/mol. The van der Waals surface area contributed by atoms with Crippen LogP contribution in [-0.4, -0.2) is 31.6 Å². The largest absolute Gasteiger partial charge is 0.493 e. The molecule has 0 unspecified atom stereocenters. The second kappa shape index (κ2) is 9.22. The Bertz CT molecular complexity index is 1440. The highest BCUT2D eigenvalue weighted by Crippen LogP contribution is 2.43. The minimum absolute atomic E-state index is 0.241. The van der Waals surface area contributed by atoms with Gasteiger partial charge in [0.05, 0.1) is 25.8 Å². The lowest BCUT2D eigenvalue weighted by Gasteiger charge is -2.38. The zero-order valence-electron chi connectivity index (χ0n) is 19.8. The number of carbonyl (C=O) groups is 1. The second-order valence-corrected chi connectivity index (χ2v) is 8.71. The number of rotatable bonds is 4. The number of amides is 1. The molecule has 0 N–H and O–H groups in total. The Morgan fingerprint density at radius 1 is 0.889 bits per heavy atom. The molecule has 0 aromatic heterocycles. The maximum Gasteiger partial charge on any atom is 0.416 e. The van der Waals surface area contributed by atoms with Gasteiger partial charge in [0.15, 0.2) is 11.5 Å². The Morgan fingerprint density at radius 3 is 2.33 bits per heavy atom. The van der Waals surface area contributed by atoms with Gasteiger partial charge >= 0.3 is 6.18 Å². The molecule has 0 aliphatic carbocycles. The van der Waals surface area contributed by atoms with Gasteiger partial charge in [-0.05, 0) is 64.2 Å². The molecule has 4 aromatic rings. The molecular weight excluding hydrogens is 467 g/mol. The number of nitrogens with zero attached hydrogens (tertiary/aromatic N) is 1. The molecule has 7 heteroatoms. The molecule has 184 valence electrons. The van der Waals surface area contributed by atoms with E-state index in [9.17, 15) is 18.0 Å². The normalized spacial score (nSPS) is 15.5. The fraction of sp³-hybridized carbons (Fsp3) is 0.207. The summed E-state index contributed by atoms with van der Waals surface area (Å²) in [5.74, 6) is 0.746. The highest BCUT2D eigenvalue weighted by atomic mass is 19.4. The standard InChI is InChI=1S/C29H24F3NO3/c1-35-25-16-19-13-14-33(28(34)23-12-6-8-18-7-3-4-11-22(18)23)27(24(19)17-26(25)36-2)20-9-5-10-21(15-20)29(30,31)32/h3-12,15-17,27H,13-14H2,1-2H3/t27-/m1/s1. The topological polar surface area (TPSA) is 38.8 Å². The number of alkyl halides is 3. The molecule has 1 amide bonds. The number of carbonyl (C=O) groups excluding carboxylic acids is 1. The zero-order chi connectivity index (χ0) is 25.4. The third-order valence-electron chi connectivity index (χ3n) is 6.68. The summed E-state index contributed by atoms with van der Waals surface area (Å²) >= 11 is 0. The van der Waals surface area contributed by atoms with Crippen molar-refractivity contribution in [3.8, 4) is 11.5 Å². The first-order valence-corrected chi connectivity index (χ1v) is 11.5. The van der Waals surface area contributed by atoms with Crippen molar-refractivity contribution in [1.82, 2.24) is 4.90 Å². The number of hydrogen-bond acceptors (Lipinski definition) is 3. The van der Waals surface area contributed by atoms with E-state index in [0.717, 1.165) is 28.5 Å². The number of halogens is 3. The Morgan fingerprint density at radius 2 is 1.58 bits per heavy atom. The van der Waals surface area contributed by atoms with Crippen LogP contribution in [0.2, 0.25) is 0 Å². The molecule has 1 aliphatic rings. The molecular formula is C29H24F3NO3. The van der Waals surface area contributed by atoms with Gasteiger partial charge in [-0.25, -0.2) is 0 Å². The van der Waals surface area contributed by atoms with Crippen LogP contribution >= 0.6 is 0 Å². The van der Waals surface area contributed by atoms with Crippen LogP contribution in [0.25, 0.3) is 10.8 Å². The summed E-state index contributed by atoms with van der Waals surface area (Å²) < 4.78 is 51.8. The SMILES string of the molecule is COc1cc2c(cc1OC)[C@@H](c1cccc(C(F)(F)F)c1)N(C(=O)c1cccc3ccccc13)CC2. The summed E-state index contributed by atoms with van der Waals surface area (Å²) in [6.07, 6.45) is -3.97. The molecule has 5 rings (SSSR count). The first-order chi connectivity index (χ1) is 17.3. The molecule has 4 nitrogen and oxygen atoms in total. The van der Waals surface area contributed by atoms with Crippen LogP contribution in [0, 0.1) is 0 Å². The predicted octanol–water partition coefficient (Wildman–Crippen LogP) is 6.66. The van der Waals surface area contributed by atoms with Gasteiger partial charge < -0.3 is 14.4 Å². The van der Waals surface area contributed by atoms with Gasteiger partial charge in [-0.3, -0.25) is 4.79 Å². The average Bonchev–Trinajstić information content (AvgIpc) is 2.90. The second-order valence-electron chi connectivity index (χ2n) is 8.71. The molecule has 0 saturated carbocycles. The van der Waals surface area contributed by atoms with Gasteiger partial charge in [-0.15, -0.1) is 0 Å². The van der Waals surface area contributed by atoms with E-state index in [1.807, 2.05) is 42.5 Å². The summed E-state index contributed by atoms with van der Waals surface area (Å²) in [4.78, 5) is 15.7. The number of benzene rings is 4. The van der Waals surface area contributed by atoms with E-state index in [4.69, 9.17) is 9.47 Å². The van der Waals surface area contributed by atoms with E-state index in [-0.39, 0.29) is 5.91 Å². The number of hydrogen-bond donors (Lipinski definition) is 0. The molecule has 4 aromatic carbocycles. The van der Waals surface area contributed by atoms with Crippen molar-refractivity contribution >= 4 is 16.7 Å². The van der Waals surface area contributed by atoms with Gasteiger partial charge in [0.1, 0.15) is 0 Å². The van der Waals surface area contributed by atoms with Gasteiger partial charge in [0.25, 0.3) is 5.91 Å². The third-order valence-corrected chi connectivity index (χ3v) is 6.68. The summed E-state index contributed by atoms with van der Waals surface area (Å²) in [5, 5.41) is 1.72. The molecule has 0 fully saturated rings. The molecule has 1 aliphatic heterocycles. The minimum atomic E-state index is -4.50. The molecule has 0 radical (unpaired) electrons. The summed E-state index contributed by atoms with van der Waals surface area (Å²) in [7, 11) is 3.04. The molecule has 1 heterocycles. The van der Waals surface area contributed by atoms with E-state index in [1.165, 1.54) is 20.3 Å². The van der Waals surface area contributed by atoms with Gasteiger partial charge in [0, 0.05) is 12.1 Å². The van der Waals surface area contributed by atoms with Crippen LogP contribution < -0.4 is 9.47 Å². The zero-order valence-corrected chi connectivity index (χ0v) is 19.8. The van der Waals surface area contributed by atoms with Crippen LogP contribution in [0.4, 0.5) is 13.2 Å². The highest BCUT2D eigenvalue weighted by molar-refractivity contribution is 6.07. The van der Waals surface area contributed by atoms with Crippen LogP contribution in [-0.2, 0) is 12.6 Å². The van der Waals surface area contributed by atoms with Gasteiger partial charge in [0.2, 0.25) is 0 Å². The quantitative estimate of drug-likeness (QED) is 0.320. The van der Waals surface area contributed by atoms with E-state index in [1.54, 1.807) is 23.1 Å². The summed E-state index contributed by atoms with van der Waals surface area (Å²) in [6, 6.07) is 21.1. The van der Waals surface area contributed by atoms with Gasteiger partial charge in [-0.1, -0.05) is 48.5 Å². The Labute approximate surface area is 206 Å². The van der Waals surface area contributed by atoms with Crippen LogP contribution in [0.5, 0.6) is 11.5 Å². The number of ether oxygens (including phenoxy) is 2. The Hall–Kier alpha value is -4.00. The smallest absolute Gasteiger partial charge is 0.416 e. The monoisotopic (exact) mass is 491 g/mol. The number of methoxy groups -OCH3 is 2. The Kier molecular flexibility index (Phi) is 6.08. The van der Waals surface area contributed by atoms with Crippen molar-refractivity contribution in [2.75, 3.05) is 20.8 Å². The maximum absolute atomic E-state index is 14.0. The van der Waals surface area contributed by atoms with Crippen LogP contribution in [0.1, 0.15) is 38.7 Å². The average molecular weight is 492 g/mol. The van der Waals surface area contributed by atoms with Crippen molar-refractivity contribution in [2.24, 2.45) is 0 Å². The fourth-order valence-corrected chi connectivity index (χ4v) is 4.98. The first kappa shape index (κ1) is 23.7. The van der Waals surface area contributed by atoms with Crippen LogP contribution in [0.15, 0.2) is 78.9 Å². The third kappa shape index (κ3) is 4.15. The van der Waals surface area contributed by atoms with Gasteiger partial charge in [-0.2, -0.15) is 13.2 Å². The lowest BCUT2D eigenvalue weighted by molar-refractivity contribution is -0.137. The van der Waals surface area contributed by atoms with Crippen LogP contribution in [0.3, 0.4) is 0 Å². The molecule has 36 heavy (non-hydrogen) atoms. The molecule has 0 saturated heterocycles. The van der Waals surface area contributed by atoms with Crippen molar-refractivity contribution in [2.45, 2.75) is 18.6 Å². The maximum atomic E-state index is 14.0. The van der Waals surface area contributed by atoms with E-state index >= 15 is 0 Å². The lowest BCUT2D eigenvalue weighted by atomic mass is 9.86. The van der Waals surface area contributed by atoms with E-state index in [2.05, 4.69) is 0 Å². The van der Waals surface area contributed by atoms with Crippen molar-refractivity contribution in [1.29, 1.82) is 0 Å². The molecule has 0 spiro atoms. The fourth-order valence-electron chi connectivity index (χ4n) is 4.98. The molecule has 1 atom stereocenters.